The zero-order valence-electron chi connectivity index (χ0n) is 10.0. The van der Waals surface area contributed by atoms with Crippen molar-refractivity contribution in [3.05, 3.63) is 24.2 Å². The molecule has 0 saturated carbocycles. The second kappa shape index (κ2) is 6.66. The molecule has 102 valence electrons. The Morgan fingerprint density at radius 3 is 2.56 bits per heavy atom. The maximum atomic E-state index is 11.6. The van der Waals surface area contributed by atoms with Gasteiger partial charge in [0.1, 0.15) is 11.9 Å². The van der Waals surface area contributed by atoms with E-state index in [4.69, 9.17) is 39.2 Å². The third-order valence-electron chi connectivity index (χ3n) is 2.20. The second-order valence-electron chi connectivity index (χ2n) is 4.10. The van der Waals surface area contributed by atoms with Gasteiger partial charge in [0.25, 0.3) is 0 Å². The largest absolute Gasteiger partial charge is 0.468 e. The normalized spacial score (nSPS) is 13.7. The van der Waals surface area contributed by atoms with Crippen LogP contribution in [-0.4, -0.2) is 15.9 Å². The van der Waals surface area contributed by atoms with Crippen LogP contribution in [0.1, 0.15) is 19.6 Å². The zero-order chi connectivity index (χ0) is 13.8. The van der Waals surface area contributed by atoms with Gasteiger partial charge in [0, 0.05) is 5.92 Å². The highest BCUT2D eigenvalue weighted by molar-refractivity contribution is 6.68. The summed E-state index contributed by atoms with van der Waals surface area (Å²) in [5.74, 6) is 0.302. The molecule has 18 heavy (non-hydrogen) atoms. The Kier molecular flexibility index (Phi) is 5.79. The average molecular weight is 314 g/mol. The highest BCUT2D eigenvalue weighted by Gasteiger charge is 2.34. The first-order chi connectivity index (χ1) is 8.30. The van der Waals surface area contributed by atoms with Gasteiger partial charge in [-0.3, -0.25) is 10.1 Å². The fourth-order valence-corrected chi connectivity index (χ4v) is 1.57. The number of rotatable bonds is 5. The quantitative estimate of drug-likeness (QED) is 0.649. The summed E-state index contributed by atoms with van der Waals surface area (Å²) in [7, 11) is 0. The van der Waals surface area contributed by atoms with Crippen molar-refractivity contribution in [2.75, 3.05) is 0 Å². The number of nitrogens with one attached hydrogen (secondary N) is 2. The fourth-order valence-electron chi connectivity index (χ4n) is 1.17. The van der Waals surface area contributed by atoms with Crippen LogP contribution in [0.4, 0.5) is 0 Å². The molecule has 0 unspecified atom stereocenters. The third-order valence-corrected chi connectivity index (χ3v) is 2.85. The lowest BCUT2D eigenvalue weighted by Crippen LogP contribution is -2.53. The molecule has 0 saturated heterocycles. The average Bonchev–Trinajstić information content (AvgIpc) is 2.74. The molecule has 0 aromatic carbocycles. The number of hydrogen-bond acceptors (Lipinski definition) is 3. The molecular formula is C11H15Cl3N2O2. The third kappa shape index (κ3) is 5.06. The summed E-state index contributed by atoms with van der Waals surface area (Å²) < 4.78 is 3.50. The monoisotopic (exact) mass is 312 g/mol. The van der Waals surface area contributed by atoms with Gasteiger partial charge in [-0.05, 0) is 12.1 Å². The molecule has 0 fully saturated rings. The van der Waals surface area contributed by atoms with Crippen LogP contribution < -0.4 is 10.6 Å². The SMILES string of the molecule is CC(C)C(=O)N[C@H](NCc1ccco1)C(Cl)(Cl)Cl. The van der Waals surface area contributed by atoms with Crippen LogP contribution in [0.3, 0.4) is 0 Å². The fraction of sp³-hybridized carbons (Fsp3) is 0.545. The first-order valence-electron chi connectivity index (χ1n) is 5.43. The minimum absolute atomic E-state index is 0.190. The van der Waals surface area contributed by atoms with Gasteiger partial charge >= 0.3 is 0 Å². The molecule has 0 spiro atoms. The van der Waals surface area contributed by atoms with Gasteiger partial charge in [0.05, 0.1) is 12.8 Å². The lowest BCUT2D eigenvalue weighted by molar-refractivity contribution is -0.124. The van der Waals surface area contributed by atoms with Crippen LogP contribution in [0.25, 0.3) is 0 Å². The first kappa shape index (κ1) is 15.6. The van der Waals surface area contributed by atoms with Gasteiger partial charge in [-0.2, -0.15) is 0 Å². The minimum Gasteiger partial charge on any atom is -0.468 e. The Morgan fingerprint density at radius 2 is 2.11 bits per heavy atom. The van der Waals surface area contributed by atoms with Crippen LogP contribution in [0.5, 0.6) is 0 Å². The summed E-state index contributed by atoms with van der Waals surface area (Å²) in [6.45, 7) is 3.87. The van der Waals surface area contributed by atoms with Crippen LogP contribution in [0.15, 0.2) is 22.8 Å². The van der Waals surface area contributed by atoms with Gasteiger partial charge in [0.2, 0.25) is 9.70 Å². The van der Waals surface area contributed by atoms with E-state index in [-0.39, 0.29) is 11.8 Å². The van der Waals surface area contributed by atoms with Crippen molar-refractivity contribution >= 4 is 40.7 Å². The molecule has 1 atom stereocenters. The smallest absolute Gasteiger partial charge is 0.223 e. The summed E-state index contributed by atoms with van der Waals surface area (Å²) in [6, 6.07) is 3.54. The highest BCUT2D eigenvalue weighted by atomic mass is 35.6. The molecule has 0 aliphatic heterocycles. The lowest BCUT2D eigenvalue weighted by atomic mass is 10.2. The molecular weight excluding hydrogens is 298 g/mol. The predicted molar refractivity (Wildman–Crippen MR) is 72.6 cm³/mol. The predicted octanol–water partition coefficient (Wildman–Crippen LogP) is 2.84. The molecule has 0 radical (unpaired) electrons. The number of furan rings is 1. The van der Waals surface area contributed by atoms with Gasteiger partial charge in [-0.15, -0.1) is 0 Å². The standard InChI is InChI=1S/C11H15Cl3N2O2/c1-7(2)9(17)16-10(11(12,13)14)15-6-8-4-3-5-18-8/h3-5,7,10,15H,6H2,1-2H3,(H,16,17)/t10-/m0/s1. The molecule has 1 heterocycles. The number of halogens is 3. The number of alkyl halides is 3. The van der Waals surface area contributed by atoms with Crippen molar-refractivity contribution in [1.29, 1.82) is 0 Å². The molecule has 1 rings (SSSR count). The van der Waals surface area contributed by atoms with Crippen molar-refractivity contribution in [3.8, 4) is 0 Å². The van der Waals surface area contributed by atoms with E-state index in [0.29, 0.717) is 12.3 Å². The van der Waals surface area contributed by atoms with E-state index in [1.54, 1.807) is 32.2 Å². The molecule has 1 aromatic heterocycles. The number of carbonyl (C=O) groups excluding carboxylic acids is 1. The van der Waals surface area contributed by atoms with Crippen molar-refractivity contribution in [3.63, 3.8) is 0 Å². The summed E-state index contributed by atoms with van der Waals surface area (Å²) in [5, 5.41) is 5.56. The zero-order valence-corrected chi connectivity index (χ0v) is 12.3. The van der Waals surface area contributed by atoms with Crippen LogP contribution in [-0.2, 0) is 11.3 Å². The molecule has 0 aliphatic rings. The van der Waals surface area contributed by atoms with Gasteiger partial charge < -0.3 is 9.73 Å². The topological polar surface area (TPSA) is 54.3 Å². The second-order valence-corrected chi connectivity index (χ2v) is 6.47. The summed E-state index contributed by atoms with van der Waals surface area (Å²) in [6.07, 6.45) is 0.760. The van der Waals surface area contributed by atoms with E-state index in [1.807, 2.05) is 0 Å². The number of hydrogen-bond donors (Lipinski definition) is 2. The van der Waals surface area contributed by atoms with Crippen molar-refractivity contribution in [2.45, 2.75) is 30.4 Å². The minimum atomic E-state index is -1.64. The van der Waals surface area contributed by atoms with Crippen molar-refractivity contribution in [1.82, 2.24) is 10.6 Å². The highest BCUT2D eigenvalue weighted by Crippen LogP contribution is 2.29. The Balaban J connectivity index is 2.59. The van der Waals surface area contributed by atoms with E-state index in [1.165, 1.54) is 0 Å². The Labute approximate surface area is 121 Å². The van der Waals surface area contributed by atoms with Crippen molar-refractivity contribution < 1.29 is 9.21 Å². The lowest BCUT2D eigenvalue weighted by Gasteiger charge is -2.27. The van der Waals surface area contributed by atoms with Gasteiger partial charge in [-0.25, -0.2) is 0 Å². The summed E-state index contributed by atoms with van der Waals surface area (Å²) in [5.41, 5.74) is 0. The molecule has 4 nitrogen and oxygen atoms in total. The van der Waals surface area contributed by atoms with Crippen LogP contribution >= 0.6 is 34.8 Å². The van der Waals surface area contributed by atoms with Gasteiger partial charge in [0.15, 0.2) is 0 Å². The molecule has 1 amide bonds. The summed E-state index contributed by atoms with van der Waals surface area (Å²) in [4.78, 5) is 11.6. The van der Waals surface area contributed by atoms with Crippen LogP contribution in [0.2, 0.25) is 0 Å². The molecule has 1 aromatic rings. The van der Waals surface area contributed by atoms with E-state index in [9.17, 15) is 4.79 Å². The van der Waals surface area contributed by atoms with E-state index in [2.05, 4.69) is 10.6 Å². The van der Waals surface area contributed by atoms with Crippen molar-refractivity contribution in [2.24, 2.45) is 5.92 Å². The van der Waals surface area contributed by atoms with E-state index >= 15 is 0 Å². The Hall–Kier alpha value is -0.420. The number of carbonyl (C=O) groups is 1. The van der Waals surface area contributed by atoms with E-state index < -0.39 is 9.96 Å². The number of amides is 1. The Morgan fingerprint density at radius 1 is 1.44 bits per heavy atom. The molecule has 0 aliphatic carbocycles. The maximum absolute atomic E-state index is 11.6. The molecule has 7 heteroatoms. The molecule has 0 bridgehead atoms. The maximum Gasteiger partial charge on any atom is 0.223 e. The molecule has 2 N–H and O–H groups in total. The van der Waals surface area contributed by atoms with Gasteiger partial charge in [-0.1, -0.05) is 48.7 Å². The van der Waals surface area contributed by atoms with E-state index in [0.717, 1.165) is 0 Å². The summed E-state index contributed by atoms with van der Waals surface area (Å²) >= 11 is 17.4. The first-order valence-corrected chi connectivity index (χ1v) is 6.57. The Bertz CT molecular complexity index is 374. The van der Waals surface area contributed by atoms with Crippen LogP contribution in [0, 0.1) is 5.92 Å².